The van der Waals surface area contributed by atoms with E-state index in [1.54, 1.807) is 0 Å². The first-order valence-corrected chi connectivity index (χ1v) is 9.42. The summed E-state index contributed by atoms with van der Waals surface area (Å²) in [6, 6.07) is 2.13. The molecule has 2 aliphatic heterocycles. The molecule has 4 rings (SSSR count). The lowest BCUT2D eigenvalue weighted by Crippen LogP contribution is -2.54. The lowest BCUT2D eigenvalue weighted by molar-refractivity contribution is 0.0204. The zero-order valence-corrected chi connectivity index (χ0v) is 15.3. The van der Waals surface area contributed by atoms with Crippen molar-refractivity contribution in [1.29, 1.82) is 10.8 Å². The topological polar surface area (TPSA) is 70.3 Å². The maximum Gasteiger partial charge on any atom is 0.143 e. The van der Waals surface area contributed by atoms with Gasteiger partial charge >= 0.3 is 0 Å². The molecule has 1 unspecified atom stereocenters. The van der Waals surface area contributed by atoms with Crippen LogP contribution in [-0.2, 0) is 0 Å². The Bertz CT molecular complexity index is 706. The van der Waals surface area contributed by atoms with Gasteiger partial charge in [0.15, 0.2) is 0 Å². The Morgan fingerprint density at radius 3 is 2.69 bits per heavy atom. The van der Waals surface area contributed by atoms with Crippen molar-refractivity contribution in [2.24, 2.45) is 5.41 Å². The van der Waals surface area contributed by atoms with Crippen molar-refractivity contribution in [3.8, 4) is 0 Å². The van der Waals surface area contributed by atoms with E-state index in [1.165, 1.54) is 38.4 Å². The molecule has 2 N–H and O–H groups in total. The van der Waals surface area contributed by atoms with E-state index < -0.39 is 5.82 Å². The molecule has 140 valence electrons. The van der Waals surface area contributed by atoms with Crippen LogP contribution < -0.4 is 4.90 Å². The highest BCUT2D eigenvalue weighted by Gasteiger charge is 2.48. The average molecular weight is 358 g/mol. The third-order valence-corrected chi connectivity index (χ3v) is 6.29. The summed E-state index contributed by atoms with van der Waals surface area (Å²) < 4.78 is 13.7. The molecule has 0 bridgehead atoms. The molecular weight excluding hydrogens is 331 g/mol. The van der Waals surface area contributed by atoms with Gasteiger partial charge in [-0.05, 0) is 31.7 Å². The second-order valence-corrected chi connectivity index (χ2v) is 8.17. The molecule has 1 saturated carbocycles. The van der Waals surface area contributed by atoms with Gasteiger partial charge < -0.3 is 15.2 Å². The Hall–Kier alpha value is -1.86. The second-order valence-electron chi connectivity index (χ2n) is 8.17. The number of nitrogens with zero attached hydrogens (tertiary/aromatic N) is 4. The molecule has 1 aromatic heterocycles. The number of piperazine rings is 1. The number of halogens is 1. The smallest absolute Gasteiger partial charge is 0.143 e. The Labute approximate surface area is 154 Å². The molecule has 1 aliphatic carbocycles. The van der Waals surface area contributed by atoms with Crippen LogP contribution in [0.3, 0.4) is 0 Å². The predicted octanol–water partition coefficient (Wildman–Crippen LogP) is 1.84. The van der Waals surface area contributed by atoms with E-state index in [4.69, 9.17) is 10.8 Å². The molecule has 0 radical (unpaired) electrons. The van der Waals surface area contributed by atoms with Crippen LogP contribution in [0.1, 0.15) is 25.0 Å². The van der Waals surface area contributed by atoms with E-state index >= 15 is 0 Å². The lowest BCUT2D eigenvalue weighted by Gasteiger charge is -2.47. The third-order valence-electron chi connectivity index (χ3n) is 6.29. The molecule has 0 aromatic carbocycles. The van der Waals surface area contributed by atoms with Gasteiger partial charge in [-0.1, -0.05) is 0 Å². The van der Waals surface area contributed by atoms with Crippen molar-refractivity contribution in [3.05, 3.63) is 23.8 Å². The molecular formula is C19H27FN6. The fourth-order valence-corrected chi connectivity index (χ4v) is 5.15. The van der Waals surface area contributed by atoms with Gasteiger partial charge in [-0.25, -0.2) is 9.37 Å². The molecule has 6 nitrogen and oxygen atoms in total. The minimum absolute atomic E-state index is 0.0225. The van der Waals surface area contributed by atoms with Crippen LogP contribution in [0.2, 0.25) is 0 Å². The van der Waals surface area contributed by atoms with Crippen LogP contribution in [0.15, 0.2) is 12.3 Å². The minimum atomic E-state index is -0.393. The highest BCUT2D eigenvalue weighted by molar-refractivity contribution is 6.36. The molecule has 3 fully saturated rings. The summed E-state index contributed by atoms with van der Waals surface area (Å²) in [6.45, 7) is 6.04. The first kappa shape index (κ1) is 17.5. The van der Waals surface area contributed by atoms with Crippen molar-refractivity contribution in [2.45, 2.75) is 25.3 Å². The van der Waals surface area contributed by atoms with Crippen LogP contribution in [0.25, 0.3) is 0 Å². The SMILES string of the molecule is CN1CC2(CCC(N3CCN(c4cc(F)cnc4C(=N)C=N)CC3)C2)C1. The number of aromatic nitrogens is 1. The fourth-order valence-electron chi connectivity index (χ4n) is 5.15. The number of pyridine rings is 1. The van der Waals surface area contributed by atoms with E-state index in [2.05, 4.69) is 26.7 Å². The normalized spacial score (nSPS) is 26.1. The minimum Gasteiger partial charge on any atom is -0.367 e. The number of rotatable bonds is 4. The van der Waals surface area contributed by atoms with Gasteiger partial charge in [0.2, 0.25) is 0 Å². The van der Waals surface area contributed by atoms with Gasteiger partial charge in [0.1, 0.15) is 11.5 Å². The van der Waals surface area contributed by atoms with Gasteiger partial charge in [-0.3, -0.25) is 10.3 Å². The first-order valence-electron chi connectivity index (χ1n) is 9.42. The standard InChI is InChI=1S/C19H27FN6/c1-24-12-19(13-24)3-2-15(9-19)25-4-6-26(7-5-25)17-8-14(20)11-23-18(17)16(22)10-21/h8,10-11,15,21-22H,2-7,9,12-13H2,1H3. The lowest BCUT2D eigenvalue weighted by atomic mass is 9.78. The van der Waals surface area contributed by atoms with Gasteiger partial charge in [0.05, 0.1) is 17.6 Å². The van der Waals surface area contributed by atoms with E-state index in [9.17, 15) is 4.39 Å². The molecule has 3 heterocycles. The van der Waals surface area contributed by atoms with Crippen LogP contribution in [0, 0.1) is 22.1 Å². The van der Waals surface area contributed by atoms with Crippen LogP contribution in [0.5, 0.6) is 0 Å². The largest absolute Gasteiger partial charge is 0.367 e. The second kappa shape index (κ2) is 6.70. The summed E-state index contributed by atoms with van der Waals surface area (Å²) in [6.07, 6.45) is 6.03. The van der Waals surface area contributed by atoms with Gasteiger partial charge in [-0.2, -0.15) is 0 Å². The maximum absolute atomic E-state index is 13.7. The Kier molecular flexibility index (Phi) is 4.52. The van der Waals surface area contributed by atoms with Crippen LogP contribution in [-0.4, -0.2) is 79.1 Å². The molecule has 7 heteroatoms. The summed E-state index contributed by atoms with van der Waals surface area (Å²) in [4.78, 5) is 11.2. The predicted molar refractivity (Wildman–Crippen MR) is 101 cm³/mol. The van der Waals surface area contributed by atoms with Crippen LogP contribution >= 0.6 is 0 Å². The van der Waals surface area contributed by atoms with E-state index in [-0.39, 0.29) is 5.71 Å². The number of hydrogen-bond donors (Lipinski definition) is 2. The quantitative estimate of drug-likeness (QED) is 0.806. The Morgan fingerprint density at radius 2 is 2.04 bits per heavy atom. The number of nitrogens with one attached hydrogen (secondary N) is 2. The highest BCUT2D eigenvalue weighted by Crippen LogP contribution is 2.46. The number of likely N-dealkylation sites (tertiary alicyclic amines) is 1. The number of hydrogen-bond acceptors (Lipinski definition) is 6. The maximum atomic E-state index is 13.7. The summed E-state index contributed by atoms with van der Waals surface area (Å²) in [5.41, 5.74) is 1.62. The van der Waals surface area contributed by atoms with Crippen molar-refractivity contribution >= 4 is 17.6 Å². The van der Waals surface area contributed by atoms with E-state index in [1.807, 2.05) is 0 Å². The summed E-state index contributed by atoms with van der Waals surface area (Å²) in [5.74, 6) is -0.393. The summed E-state index contributed by atoms with van der Waals surface area (Å²) >= 11 is 0. The van der Waals surface area contributed by atoms with Crippen molar-refractivity contribution < 1.29 is 4.39 Å². The molecule has 0 amide bonds. The molecule has 1 spiro atoms. The summed E-state index contributed by atoms with van der Waals surface area (Å²) in [7, 11) is 2.20. The van der Waals surface area contributed by atoms with Crippen molar-refractivity contribution in [2.75, 3.05) is 51.2 Å². The number of anilines is 1. The van der Waals surface area contributed by atoms with Crippen molar-refractivity contribution in [1.82, 2.24) is 14.8 Å². The highest BCUT2D eigenvalue weighted by atomic mass is 19.1. The fraction of sp³-hybridized carbons (Fsp3) is 0.632. The molecule has 1 aromatic rings. The molecule has 1 atom stereocenters. The monoisotopic (exact) mass is 358 g/mol. The van der Waals surface area contributed by atoms with Crippen molar-refractivity contribution in [3.63, 3.8) is 0 Å². The third kappa shape index (κ3) is 3.14. The van der Waals surface area contributed by atoms with Gasteiger partial charge in [-0.15, -0.1) is 0 Å². The average Bonchev–Trinajstić information content (AvgIpc) is 3.06. The first-order chi connectivity index (χ1) is 12.5. The Morgan fingerprint density at radius 1 is 1.31 bits per heavy atom. The van der Waals surface area contributed by atoms with E-state index in [0.29, 0.717) is 22.8 Å². The Balaban J connectivity index is 1.41. The molecule has 26 heavy (non-hydrogen) atoms. The summed E-state index contributed by atoms with van der Waals surface area (Å²) in [5, 5.41) is 15.2. The van der Waals surface area contributed by atoms with E-state index in [0.717, 1.165) is 38.6 Å². The van der Waals surface area contributed by atoms with Gasteiger partial charge in [0, 0.05) is 57.6 Å². The zero-order chi connectivity index (χ0) is 18.3. The van der Waals surface area contributed by atoms with Crippen LogP contribution in [0.4, 0.5) is 10.1 Å². The zero-order valence-electron chi connectivity index (χ0n) is 15.3. The molecule has 2 saturated heterocycles. The van der Waals surface area contributed by atoms with Gasteiger partial charge in [0.25, 0.3) is 0 Å². The molecule has 3 aliphatic rings.